The Morgan fingerprint density at radius 1 is 1.20 bits per heavy atom. The van der Waals surface area contributed by atoms with Gasteiger partial charge in [-0.2, -0.15) is 5.10 Å². The zero-order valence-corrected chi connectivity index (χ0v) is 12.0. The van der Waals surface area contributed by atoms with Crippen LogP contribution < -0.4 is 5.43 Å². The molecule has 0 saturated heterocycles. The van der Waals surface area contributed by atoms with Crippen molar-refractivity contribution < 1.29 is 0 Å². The summed E-state index contributed by atoms with van der Waals surface area (Å²) < 4.78 is 1.14. The van der Waals surface area contributed by atoms with Gasteiger partial charge in [-0.3, -0.25) is 15.4 Å². The molecule has 0 unspecified atom stereocenters. The molecule has 0 bridgehead atoms. The molecule has 0 radical (unpaired) electrons. The minimum atomic E-state index is 0.754. The van der Waals surface area contributed by atoms with Crippen LogP contribution in [0.1, 0.15) is 18.3 Å². The Bertz CT molecular complexity index is 728. The SMILES string of the molecule is C/C(=N\Nc1nc2ccccc2s1)c1cnc(C)cn1. The number of anilines is 1. The topological polar surface area (TPSA) is 63.1 Å². The number of nitrogens with one attached hydrogen (secondary N) is 1. The van der Waals surface area contributed by atoms with Crippen LogP contribution in [0.15, 0.2) is 41.8 Å². The van der Waals surface area contributed by atoms with Crippen molar-refractivity contribution in [3.8, 4) is 0 Å². The predicted molar refractivity (Wildman–Crippen MR) is 82.2 cm³/mol. The van der Waals surface area contributed by atoms with Crippen LogP contribution in [0, 0.1) is 6.92 Å². The van der Waals surface area contributed by atoms with Crippen LogP contribution in [0.2, 0.25) is 0 Å². The molecule has 2 aromatic heterocycles. The summed E-state index contributed by atoms with van der Waals surface area (Å²) in [6, 6.07) is 8.00. The van der Waals surface area contributed by atoms with Gasteiger partial charge in [-0.05, 0) is 26.0 Å². The number of thiazole rings is 1. The fourth-order valence-electron chi connectivity index (χ4n) is 1.69. The van der Waals surface area contributed by atoms with Gasteiger partial charge in [0.05, 0.1) is 27.8 Å². The van der Waals surface area contributed by atoms with E-state index in [0.717, 1.165) is 32.4 Å². The largest absolute Gasteiger partial charge is 0.258 e. The van der Waals surface area contributed by atoms with E-state index in [2.05, 4.69) is 25.5 Å². The Kier molecular flexibility index (Phi) is 3.39. The lowest BCUT2D eigenvalue weighted by atomic mass is 10.3. The van der Waals surface area contributed by atoms with Gasteiger partial charge in [0, 0.05) is 6.20 Å². The highest BCUT2D eigenvalue weighted by molar-refractivity contribution is 7.22. The second-order valence-electron chi connectivity index (χ2n) is 4.34. The Morgan fingerprint density at radius 2 is 2.05 bits per heavy atom. The molecule has 0 amide bonds. The average Bonchev–Trinajstić information content (AvgIpc) is 2.88. The highest BCUT2D eigenvalue weighted by atomic mass is 32.1. The third kappa shape index (κ3) is 2.65. The second-order valence-corrected chi connectivity index (χ2v) is 5.37. The standard InChI is InChI=1S/C14H13N5S/c1-9-7-16-12(8-15-9)10(2)18-19-14-17-11-5-3-4-6-13(11)20-14/h3-8H,1-2H3,(H,17,19)/b18-10+. The maximum atomic E-state index is 4.46. The van der Waals surface area contributed by atoms with Crippen molar-refractivity contribution in [3.63, 3.8) is 0 Å². The molecule has 5 nitrogen and oxygen atoms in total. The van der Waals surface area contributed by atoms with Gasteiger partial charge in [-0.25, -0.2) is 4.98 Å². The molecule has 0 aliphatic heterocycles. The zero-order valence-electron chi connectivity index (χ0n) is 11.2. The number of para-hydroxylation sites is 1. The first kappa shape index (κ1) is 12.7. The molecule has 3 aromatic rings. The van der Waals surface area contributed by atoms with Crippen LogP contribution in [0.5, 0.6) is 0 Å². The summed E-state index contributed by atoms with van der Waals surface area (Å²) in [6.45, 7) is 3.79. The molecular weight excluding hydrogens is 270 g/mol. The van der Waals surface area contributed by atoms with Crippen molar-refractivity contribution in [2.45, 2.75) is 13.8 Å². The summed E-state index contributed by atoms with van der Waals surface area (Å²) in [5.74, 6) is 0. The lowest BCUT2D eigenvalue weighted by Gasteiger charge is -2.00. The van der Waals surface area contributed by atoms with Crippen LogP contribution >= 0.6 is 11.3 Å². The van der Waals surface area contributed by atoms with Gasteiger partial charge in [-0.1, -0.05) is 23.5 Å². The number of nitrogens with zero attached hydrogens (tertiary/aromatic N) is 4. The van der Waals surface area contributed by atoms with Gasteiger partial charge < -0.3 is 0 Å². The zero-order chi connectivity index (χ0) is 13.9. The van der Waals surface area contributed by atoms with E-state index in [0.29, 0.717) is 0 Å². The van der Waals surface area contributed by atoms with Crippen molar-refractivity contribution in [2.24, 2.45) is 5.10 Å². The van der Waals surface area contributed by atoms with Crippen molar-refractivity contribution >= 4 is 32.4 Å². The van der Waals surface area contributed by atoms with E-state index in [1.165, 1.54) is 0 Å². The normalized spacial score (nSPS) is 11.8. The van der Waals surface area contributed by atoms with Crippen LogP contribution in [-0.2, 0) is 0 Å². The molecule has 2 heterocycles. The maximum absolute atomic E-state index is 4.46. The molecule has 1 N–H and O–H groups in total. The van der Waals surface area contributed by atoms with Crippen molar-refractivity contribution in [3.05, 3.63) is 48.0 Å². The first-order chi connectivity index (χ1) is 9.72. The fraction of sp³-hybridized carbons (Fsp3) is 0.143. The molecule has 0 spiro atoms. The minimum Gasteiger partial charge on any atom is -0.258 e. The summed E-state index contributed by atoms with van der Waals surface area (Å²) in [6.07, 6.45) is 3.44. The van der Waals surface area contributed by atoms with E-state index >= 15 is 0 Å². The molecular formula is C14H13N5S. The summed E-state index contributed by atoms with van der Waals surface area (Å²) in [5, 5.41) is 5.07. The molecule has 0 atom stereocenters. The molecule has 6 heteroatoms. The van der Waals surface area contributed by atoms with Gasteiger partial charge in [0.25, 0.3) is 0 Å². The smallest absolute Gasteiger partial charge is 0.204 e. The Labute approximate surface area is 120 Å². The van der Waals surface area contributed by atoms with Gasteiger partial charge in [0.2, 0.25) is 5.13 Å². The fourth-order valence-corrected chi connectivity index (χ4v) is 2.50. The molecule has 3 rings (SSSR count). The maximum Gasteiger partial charge on any atom is 0.204 e. The Balaban J connectivity index is 1.80. The highest BCUT2D eigenvalue weighted by Gasteiger charge is 2.03. The van der Waals surface area contributed by atoms with Gasteiger partial charge in [0.15, 0.2) is 0 Å². The number of benzene rings is 1. The predicted octanol–water partition coefficient (Wildman–Crippen LogP) is 3.23. The highest BCUT2D eigenvalue weighted by Crippen LogP contribution is 2.25. The quantitative estimate of drug-likeness (QED) is 0.592. The number of hydrazone groups is 1. The van der Waals surface area contributed by atoms with Gasteiger partial charge in [-0.15, -0.1) is 0 Å². The van der Waals surface area contributed by atoms with Crippen molar-refractivity contribution in [2.75, 3.05) is 5.43 Å². The summed E-state index contributed by atoms with van der Waals surface area (Å²) in [4.78, 5) is 12.9. The molecule has 0 aliphatic carbocycles. The number of hydrogen-bond donors (Lipinski definition) is 1. The number of fused-ring (bicyclic) bond motifs is 1. The summed E-state index contributed by atoms with van der Waals surface area (Å²) in [7, 11) is 0. The summed E-state index contributed by atoms with van der Waals surface area (Å²) >= 11 is 1.57. The van der Waals surface area contributed by atoms with Crippen LogP contribution in [0.25, 0.3) is 10.2 Å². The lowest BCUT2D eigenvalue weighted by molar-refractivity contribution is 1.10. The molecule has 0 fully saturated rings. The van der Waals surface area contributed by atoms with Crippen LogP contribution in [0.3, 0.4) is 0 Å². The number of rotatable bonds is 3. The molecule has 100 valence electrons. The van der Waals surface area contributed by atoms with E-state index < -0.39 is 0 Å². The summed E-state index contributed by atoms with van der Waals surface area (Å²) in [5.41, 5.74) is 6.37. The lowest BCUT2D eigenvalue weighted by Crippen LogP contribution is -2.03. The van der Waals surface area contributed by atoms with Gasteiger partial charge in [0.1, 0.15) is 5.69 Å². The average molecular weight is 283 g/mol. The Hall–Kier alpha value is -2.34. The number of aryl methyl sites for hydroxylation is 1. The van der Waals surface area contributed by atoms with Crippen molar-refractivity contribution in [1.82, 2.24) is 15.0 Å². The van der Waals surface area contributed by atoms with E-state index in [9.17, 15) is 0 Å². The third-order valence-corrected chi connectivity index (χ3v) is 3.71. The van der Waals surface area contributed by atoms with E-state index in [1.54, 1.807) is 23.7 Å². The first-order valence-corrected chi connectivity index (χ1v) is 6.99. The van der Waals surface area contributed by atoms with E-state index in [4.69, 9.17) is 0 Å². The molecule has 0 saturated carbocycles. The molecule has 0 aliphatic rings. The first-order valence-electron chi connectivity index (χ1n) is 6.17. The Morgan fingerprint density at radius 3 is 2.80 bits per heavy atom. The molecule has 1 aromatic carbocycles. The number of aromatic nitrogens is 3. The third-order valence-electron chi connectivity index (χ3n) is 2.76. The van der Waals surface area contributed by atoms with Crippen LogP contribution in [0.4, 0.5) is 5.13 Å². The monoisotopic (exact) mass is 283 g/mol. The number of hydrogen-bond acceptors (Lipinski definition) is 6. The van der Waals surface area contributed by atoms with Gasteiger partial charge >= 0.3 is 0 Å². The minimum absolute atomic E-state index is 0.754. The van der Waals surface area contributed by atoms with E-state index in [1.807, 2.05) is 38.1 Å². The molecule has 20 heavy (non-hydrogen) atoms. The van der Waals surface area contributed by atoms with Crippen LogP contribution in [-0.4, -0.2) is 20.7 Å². The van der Waals surface area contributed by atoms with E-state index in [-0.39, 0.29) is 0 Å². The van der Waals surface area contributed by atoms with Crippen molar-refractivity contribution in [1.29, 1.82) is 0 Å². The second kappa shape index (κ2) is 5.34.